The zero-order valence-electron chi connectivity index (χ0n) is 15.0. The summed E-state index contributed by atoms with van der Waals surface area (Å²) in [5, 5.41) is 0.628. The number of hydrogen-bond acceptors (Lipinski definition) is 3. The van der Waals surface area contributed by atoms with Crippen molar-refractivity contribution < 1.29 is 0 Å². The molecule has 0 fully saturated rings. The highest BCUT2D eigenvalue weighted by Crippen LogP contribution is 2.13. The largest absolute Gasteiger partial charge is 0.288 e. The van der Waals surface area contributed by atoms with Gasteiger partial charge < -0.3 is 0 Å². The Balaban J connectivity index is 1.83. The van der Waals surface area contributed by atoms with Crippen LogP contribution in [-0.2, 0) is 6.54 Å². The van der Waals surface area contributed by atoms with E-state index in [1.807, 2.05) is 60.7 Å². The van der Waals surface area contributed by atoms with Gasteiger partial charge in [-0.3, -0.25) is 14.3 Å². The molecule has 0 spiro atoms. The molecule has 4 rings (SSSR count). The first-order valence-corrected chi connectivity index (χ1v) is 8.84. The third-order valence-corrected chi connectivity index (χ3v) is 4.46. The van der Waals surface area contributed by atoms with Gasteiger partial charge >= 0.3 is 0 Å². The third-order valence-electron chi connectivity index (χ3n) is 4.46. The number of para-hydroxylation sites is 1. The second-order valence-electron chi connectivity index (χ2n) is 6.48. The van der Waals surface area contributed by atoms with Crippen LogP contribution in [0.2, 0.25) is 0 Å². The first-order chi connectivity index (χ1) is 13.2. The van der Waals surface area contributed by atoms with Gasteiger partial charge in [0.15, 0.2) is 0 Å². The van der Waals surface area contributed by atoms with Crippen LogP contribution in [0.3, 0.4) is 0 Å². The van der Waals surface area contributed by atoms with E-state index in [9.17, 15) is 4.79 Å². The van der Waals surface area contributed by atoms with E-state index in [0.717, 1.165) is 11.1 Å². The fourth-order valence-corrected chi connectivity index (χ4v) is 2.99. The minimum Gasteiger partial charge on any atom is -0.288 e. The number of nitrogens with zero attached hydrogens (tertiary/aromatic N) is 3. The quantitative estimate of drug-likeness (QED) is 0.549. The molecular weight excluding hydrogens is 334 g/mol. The van der Waals surface area contributed by atoms with Gasteiger partial charge in [-0.2, -0.15) is 0 Å². The summed E-state index contributed by atoms with van der Waals surface area (Å²) in [6.07, 6.45) is 7.31. The van der Waals surface area contributed by atoms with Crippen LogP contribution < -0.4 is 5.56 Å². The summed E-state index contributed by atoms with van der Waals surface area (Å²) in [5.74, 6) is 0.628. The molecule has 4 heteroatoms. The highest BCUT2D eigenvalue weighted by Gasteiger charge is 2.09. The standard InChI is InChI=1S/C23H19N3O/c1-17-8-10-19(11-9-17)16-26-22(13-12-18-5-4-14-24-15-18)25-21-7-3-2-6-20(21)23(26)27/h2-15H,16H2,1H3. The number of fused-ring (bicyclic) bond motifs is 1. The van der Waals surface area contributed by atoms with Gasteiger partial charge in [0, 0.05) is 12.4 Å². The van der Waals surface area contributed by atoms with E-state index in [-0.39, 0.29) is 5.56 Å². The average Bonchev–Trinajstić information content (AvgIpc) is 2.71. The van der Waals surface area contributed by atoms with Gasteiger partial charge in [-0.15, -0.1) is 0 Å². The van der Waals surface area contributed by atoms with Crippen LogP contribution in [0, 0.1) is 6.92 Å². The fourth-order valence-electron chi connectivity index (χ4n) is 2.99. The van der Waals surface area contributed by atoms with Crippen molar-refractivity contribution in [1.29, 1.82) is 0 Å². The van der Waals surface area contributed by atoms with Gasteiger partial charge in [0.25, 0.3) is 5.56 Å². The van der Waals surface area contributed by atoms with Crippen LogP contribution in [0.25, 0.3) is 23.1 Å². The molecule has 4 nitrogen and oxygen atoms in total. The van der Waals surface area contributed by atoms with E-state index in [1.54, 1.807) is 17.0 Å². The molecule has 0 aliphatic heterocycles. The van der Waals surface area contributed by atoms with Gasteiger partial charge in [-0.25, -0.2) is 4.98 Å². The molecule has 2 aromatic carbocycles. The Morgan fingerprint density at radius 3 is 2.56 bits per heavy atom. The zero-order chi connectivity index (χ0) is 18.6. The van der Waals surface area contributed by atoms with Crippen LogP contribution >= 0.6 is 0 Å². The number of pyridine rings is 1. The number of benzene rings is 2. The Morgan fingerprint density at radius 2 is 1.78 bits per heavy atom. The molecule has 27 heavy (non-hydrogen) atoms. The molecule has 0 aliphatic rings. The molecular formula is C23H19N3O. The monoisotopic (exact) mass is 353 g/mol. The number of hydrogen-bond donors (Lipinski definition) is 0. The van der Waals surface area contributed by atoms with E-state index in [1.165, 1.54) is 5.56 Å². The fraction of sp³-hybridized carbons (Fsp3) is 0.0870. The lowest BCUT2D eigenvalue weighted by atomic mass is 10.1. The molecule has 4 aromatic rings. The molecule has 0 saturated carbocycles. The first-order valence-electron chi connectivity index (χ1n) is 8.84. The van der Waals surface area contributed by atoms with Crippen molar-refractivity contribution in [3.05, 3.63) is 106 Å². The van der Waals surface area contributed by atoms with E-state index in [4.69, 9.17) is 4.98 Å². The van der Waals surface area contributed by atoms with Gasteiger partial charge in [-0.1, -0.05) is 48.0 Å². The molecule has 0 atom stereocenters. The molecule has 2 heterocycles. The summed E-state index contributed by atoms with van der Waals surface area (Å²) in [7, 11) is 0. The maximum absolute atomic E-state index is 13.1. The Morgan fingerprint density at radius 1 is 0.963 bits per heavy atom. The van der Waals surface area contributed by atoms with Crippen LogP contribution in [0.15, 0.2) is 77.9 Å². The molecule has 0 saturated heterocycles. The molecule has 0 aliphatic carbocycles. The van der Waals surface area contributed by atoms with Gasteiger partial charge in [0.05, 0.1) is 17.4 Å². The van der Waals surface area contributed by atoms with Gasteiger partial charge in [0.2, 0.25) is 0 Å². The summed E-state index contributed by atoms with van der Waals surface area (Å²) in [4.78, 5) is 22.0. The first kappa shape index (κ1) is 16.9. The summed E-state index contributed by atoms with van der Waals surface area (Å²) in [6, 6.07) is 19.5. The minimum absolute atomic E-state index is 0.0352. The maximum Gasteiger partial charge on any atom is 0.261 e. The van der Waals surface area contributed by atoms with E-state index < -0.39 is 0 Å². The van der Waals surface area contributed by atoms with E-state index in [0.29, 0.717) is 23.3 Å². The Bertz CT molecular complexity index is 1160. The molecule has 0 bridgehead atoms. The Labute approximate surface area is 157 Å². The van der Waals surface area contributed by atoms with Crippen LogP contribution in [0.1, 0.15) is 22.5 Å². The summed E-state index contributed by atoms with van der Waals surface area (Å²) in [6.45, 7) is 2.53. The van der Waals surface area contributed by atoms with Crippen LogP contribution in [0.4, 0.5) is 0 Å². The summed E-state index contributed by atoms with van der Waals surface area (Å²) >= 11 is 0. The van der Waals surface area contributed by atoms with Gasteiger partial charge in [0.1, 0.15) is 5.82 Å². The summed E-state index contributed by atoms with van der Waals surface area (Å²) < 4.78 is 1.72. The SMILES string of the molecule is Cc1ccc(Cn2c(C=Cc3cccnc3)nc3ccccc3c2=O)cc1. The van der Waals surface area contributed by atoms with E-state index >= 15 is 0 Å². The zero-order valence-corrected chi connectivity index (χ0v) is 15.0. The van der Waals surface area contributed by atoms with Crippen molar-refractivity contribution >= 4 is 23.1 Å². The normalized spacial score (nSPS) is 11.3. The minimum atomic E-state index is -0.0352. The van der Waals surface area contributed by atoms with Gasteiger partial charge in [-0.05, 0) is 48.4 Å². The van der Waals surface area contributed by atoms with Crippen molar-refractivity contribution in [3.8, 4) is 0 Å². The highest BCUT2D eigenvalue weighted by molar-refractivity contribution is 5.79. The van der Waals surface area contributed by atoms with Crippen molar-refractivity contribution in [2.24, 2.45) is 0 Å². The predicted octanol–water partition coefficient (Wildman–Crippen LogP) is 4.32. The molecule has 0 radical (unpaired) electrons. The predicted molar refractivity (Wildman–Crippen MR) is 109 cm³/mol. The Kier molecular flexibility index (Phi) is 4.62. The van der Waals surface area contributed by atoms with Crippen molar-refractivity contribution in [3.63, 3.8) is 0 Å². The lowest BCUT2D eigenvalue weighted by Crippen LogP contribution is -2.24. The molecule has 0 N–H and O–H groups in total. The lowest BCUT2D eigenvalue weighted by Gasteiger charge is -2.12. The van der Waals surface area contributed by atoms with Crippen molar-refractivity contribution in [2.45, 2.75) is 13.5 Å². The average molecular weight is 353 g/mol. The topological polar surface area (TPSA) is 47.8 Å². The second-order valence-corrected chi connectivity index (χ2v) is 6.48. The number of aryl methyl sites for hydroxylation is 1. The van der Waals surface area contributed by atoms with Crippen LogP contribution in [0.5, 0.6) is 0 Å². The van der Waals surface area contributed by atoms with Crippen molar-refractivity contribution in [1.82, 2.24) is 14.5 Å². The van der Waals surface area contributed by atoms with Crippen LogP contribution in [-0.4, -0.2) is 14.5 Å². The molecule has 132 valence electrons. The highest BCUT2D eigenvalue weighted by atomic mass is 16.1. The Hall–Kier alpha value is -3.53. The van der Waals surface area contributed by atoms with Crippen molar-refractivity contribution in [2.75, 3.05) is 0 Å². The van der Waals surface area contributed by atoms with E-state index in [2.05, 4.69) is 24.0 Å². The third kappa shape index (κ3) is 3.70. The number of rotatable bonds is 4. The summed E-state index contributed by atoms with van der Waals surface area (Å²) in [5.41, 5.74) is 3.89. The molecule has 0 unspecified atom stereocenters. The number of aromatic nitrogens is 3. The smallest absolute Gasteiger partial charge is 0.261 e. The maximum atomic E-state index is 13.1. The second kappa shape index (κ2) is 7.38. The molecule has 2 aromatic heterocycles. The lowest BCUT2D eigenvalue weighted by molar-refractivity contribution is 0.738. The molecule has 0 amide bonds.